The summed E-state index contributed by atoms with van der Waals surface area (Å²) in [6, 6.07) is 0.518. The van der Waals surface area contributed by atoms with Crippen LogP contribution in [-0.4, -0.2) is 21.6 Å². The van der Waals surface area contributed by atoms with Crippen LogP contribution in [0.2, 0.25) is 0 Å². The Balaban J connectivity index is 1.89. The molecule has 2 saturated carbocycles. The Kier molecular flexibility index (Phi) is 2.11. The van der Waals surface area contributed by atoms with Crippen molar-refractivity contribution < 1.29 is 0 Å². The minimum atomic E-state index is 0.518. The third kappa shape index (κ3) is 1.20. The Hall–Kier alpha value is 0.660. The van der Waals surface area contributed by atoms with Crippen molar-refractivity contribution in [3.63, 3.8) is 0 Å². The Morgan fingerprint density at radius 3 is 2.08 bits per heavy atom. The quantitative estimate of drug-likeness (QED) is 0.671. The standard InChI is InChI=1S/C10H17NS2/c11-9-5-7-1-2-8(6-9)10(7)12-3-4-13-10/h7-9H,1-6,11H2. The third-order valence-electron chi connectivity index (χ3n) is 3.91. The van der Waals surface area contributed by atoms with Gasteiger partial charge in [0.15, 0.2) is 0 Å². The van der Waals surface area contributed by atoms with E-state index in [4.69, 9.17) is 5.73 Å². The van der Waals surface area contributed by atoms with E-state index in [1.54, 1.807) is 0 Å². The van der Waals surface area contributed by atoms with Crippen molar-refractivity contribution in [2.45, 2.75) is 35.8 Å². The van der Waals surface area contributed by atoms with Crippen LogP contribution in [-0.2, 0) is 0 Å². The summed E-state index contributed by atoms with van der Waals surface area (Å²) in [6.45, 7) is 0. The van der Waals surface area contributed by atoms with Gasteiger partial charge in [0.2, 0.25) is 0 Å². The highest BCUT2D eigenvalue weighted by atomic mass is 32.2. The molecule has 74 valence electrons. The summed E-state index contributed by atoms with van der Waals surface area (Å²) in [5, 5.41) is 0. The van der Waals surface area contributed by atoms with Crippen molar-refractivity contribution in [3.05, 3.63) is 0 Å². The van der Waals surface area contributed by atoms with Crippen LogP contribution < -0.4 is 5.73 Å². The van der Waals surface area contributed by atoms with Crippen molar-refractivity contribution >= 4 is 23.5 Å². The molecular formula is C10H17NS2. The van der Waals surface area contributed by atoms with Crippen LogP contribution in [0.15, 0.2) is 0 Å². The summed E-state index contributed by atoms with van der Waals surface area (Å²) in [5.74, 6) is 4.65. The van der Waals surface area contributed by atoms with Gasteiger partial charge in [0.1, 0.15) is 0 Å². The van der Waals surface area contributed by atoms with Crippen molar-refractivity contribution in [2.24, 2.45) is 17.6 Å². The Morgan fingerprint density at radius 1 is 1.00 bits per heavy atom. The summed E-state index contributed by atoms with van der Waals surface area (Å²) in [4.78, 5) is 0. The van der Waals surface area contributed by atoms with Gasteiger partial charge in [-0.25, -0.2) is 0 Å². The molecule has 13 heavy (non-hydrogen) atoms. The molecule has 3 fully saturated rings. The molecule has 0 radical (unpaired) electrons. The topological polar surface area (TPSA) is 26.0 Å². The van der Waals surface area contributed by atoms with Gasteiger partial charge in [-0.15, -0.1) is 23.5 Å². The largest absolute Gasteiger partial charge is 0.328 e. The summed E-state index contributed by atoms with van der Waals surface area (Å²) < 4.78 is 0.635. The monoisotopic (exact) mass is 215 g/mol. The van der Waals surface area contributed by atoms with Gasteiger partial charge in [-0.2, -0.15) is 0 Å². The summed E-state index contributed by atoms with van der Waals surface area (Å²) >= 11 is 4.51. The first-order chi connectivity index (χ1) is 6.31. The maximum atomic E-state index is 6.09. The molecule has 1 nitrogen and oxygen atoms in total. The molecule has 0 amide bonds. The van der Waals surface area contributed by atoms with Gasteiger partial charge in [0.25, 0.3) is 0 Å². The smallest absolute Gasteiger partial charge is 0.0668 e. The van der Waals surface area contributed by atoms with Crippen LogP contribution in [0.1, 0.15) is 25.7 Å². The summed E-state index contributed by atoms with van der Waals surface area (Å²) in [5.41, 5.74) is 6.09. The lowest BCUT2D eigenvalue weighted by Crippen LogP contribution is -2.42. The lowest BCUT2D eigenvalue weighted by atomic mass is 9.85. The zero-order valence-corrected chi connectivity index (χ0v) is 9.50. The molecule has 3 heteroatoms. The highest BCUT2D eigenvalue weighted by molar-refractivity contribution is 8.21. The maximum Gasteiger partial charge on any atom is 0.0668 e. The molecule has 0 aromatic carbocycles. The van der Waals surface area contributed by atoms with E-state index in [9.17, 15) is 0 Å². The molecule has 1 heterocycles. The first-order valence-corrected chi connectivity index (χ1v) is 7.32. The van der Waals surface area contributed by atoms with Gasteiger partial charge >= 0.3 is 0 Å². The van der Waals surface area contributed by atoms with Gasteiger partial charge in [0, 0.05) is 17.5 Å². The molecule has 1 spiro atoms. The third-order valence-corrected chi connectivity index (χ3v) is 7.93. The predicted octanol–water partition coefficient (Wildman–Crippen LogP) is 2.31. The van der Waals surface area contributed by atoms with Crippen LogP contribution in [0.25, 0.3) is 0 Å². The highest BCUT2D eigenvalue weighted by Crippen LogP contribution is 2.64. The van der Waals surface area contributed by atoms with Crippen molar-refractivity contribution in [3.8, 4) is 0 Å². The molecule has 3 aliphatic rings. The average molecular weight is 215 g/mol. The van der Waals surface area contributed by atoms with Crippen molar-refractivity contribution in [1.82, 2.24) is 0 Å². The van der Waals surface area contributed by atoms with E-state index in [0.717, 1.165) is 11.8 Å². The van der Waals surface area contributed by atoms with Gasteiger partial charge in [-0.3, -0.25) is 0 Å². The predicted molar refractivity (Wildman–Crippen MR) is 61.1 cm³/mol. The minimum Gasteiger partial charge on any atom is -0.328 e. The van der Waals surface area contributed by atoms with E-state index in [0.29, 0.717) is 10.1 Å². The second-order valence-corrected chi connectivity index (χ2v) is 7.62. The van der Waals surface area contributed by atoms with Crippen molar-refractivity contribution in [1.29, 1.82) is 0 Å². The molecule has 3 rings (SSSR count). The van der Waals surface area contributed by atoms with Crippen molar-refractivity contribution in [2.75, 3.05) is 11.5 Å². The van der Waals surface area contributed by atoms with Crippen LogP contribution in [0.5, 0.6) is 0 Å². The highest BCUT2D eigenvalue weighted by Gasteiger charge is 2.55. The molecule has 1 aliphatic heterocycles. The van der Waals surface area contributed by atoms with Gasteiger partial charge in [0.05, 0.1) is 4.08 Å². The van der Waals surface area contributed by atoms with Crippen LogP contribution in [0.3, 0.4) is 0 Å². The lowest BCUT2D eigenvalue weighted by Gasteiger charge is -2.41. The van der Waals surface area contributed by atoms with E-state index in [1.807, 2.05) is 0 Å². The van der Waals surface area contributed by atoms with Gasteiger partial charge < -0.3 is 5.73 Å². The zero-order chi connectivity index (χ0) is 8.89. The fourth-order valence-electron chi connectivity index (χ4n) is 3.44. The minimum absolute atomic E-state index is 0.518. The molecule has 0 aromatic rings. The molecular weight excluding hydrogens is 198 g/mol. The molecule has 2 bridgehead atoms. The zero-order valence-electron chi connectivity index (χ0n) is 7.87. The molecule has 2 unspecified atom stereocenters. The van der Waals surface area contributed by atoms with Gasteiger partial charge in [-0.1, -0.05) is 0 Å². The van der Waals surface area contributed by atoms with Crippen LogP contribution in [0, 0.1) is 11.8 Å². The molecule has 2 aliphatic carbocycles. The second kappa shape index (κ2) is 3.07. The Labute approximate surface area is 88.6 Å². The van der Waals surface area contributed by atoms with E-state index in [2.05, 4.69) is 23.5 Å². The fourth-order valence-corrected chi connectivity index (χ4v) is 7.38. The first kappa shape index (κ1) is 8.93. The molecule has 1 saturated heterocycles. The number of thioether (sulfide) groups is 2. The Bertz CT molecular complexity index is 197. The van der Waals surface area contributed by atoms with Gasteiger partial charge in [-0.05, 0) is 37.5 Å². The first-order valence-electron chi connectivity index (χ1n) is 5.35. The number of rotatable bonds is 0. The lowest BCUT2D eigenvalue weighted by molar-refractivity contribution is 0.311. The molecule has 0 aromatic heterocycles. The van der Waals surface area contributed by atoms with E-state index >= 15 is 0 Å². The van der Waals surface area contributed by atoms with Crippen LogP contribution >= 0.6 is 23.5 Å². The van der Waals surface area contributed by atoms with E-state index in [-0.39, 0.29) is 0 Å². The Morgan fingerprint density at radius 2 is 1.54 bits per heavy atom. The summed E-state index contributed by atoms with van der Waals surface area (Å²) in [6.07, 6.45) is 5.52. The summed E-state index contributed by atoms with van der Waals surface area (Å²) in [7, 11) is 0. The number of hydrogen-bond donors (Lipinski definition) is 1. The average Bonchev–Trinajstić information content (AvgIpc) is 2.63. The van der Waals surface area contributed by atoms with E-state index < -0.39 is 0 Å². The molecule has 2 N–H and O–H groups in total. The maximum absolute atomic E-state index is 6.09. The normalized spacial score (nSPS) is 47.3. The SMILES string of the molecule is NC1CC2CCC(C1)C21SCCS1. The fraction of sp³-hybridized carbons (Fsp3) is 1.00. The number of hydrogen-bond acceptors (Lipinski definition) is 3. The molecule has 2 atom stereocenters. The van der Waals surface area contributed by atoms with E-state index in [1.165, 1.54) is 37.2 Å². The number of nitrogens with two attached hydrogens (primary N) is 1. The van der Waals surface area contributed by atoms with Crippen LogP contribution in [0.4, 0.5) is 0 Å². The second-order valence-electron chi connectivity index (χ2n) is 4.62.